The molecule has 0 fully saturated rings. The van der Waals surface area contributed by atoms with Crippen LogP contribution in [0.1, 0.15) is 37.1 Å². The molecule has 1 atom stereocenters. The van der Waals surface area contributed by atoms with Gasteiger partial charge in [0.1, 0.15) is 0 Å². The quantitative estimate of drug-likeness (QED) is 0.251. The van der Waals surface area contributed by atoms with Gasteiger partial charge in [0.05, 0.1) is 0 Å². The molecule has 0 aliphatic rings. The Morgan fingerprint density at radius 1 is 1.11 bits per heavy atom. The van der Waals surface area contributed by atoms with Crippen molar-refractivity contribution in [3.05, 3.63) is 52.2 Å². The van der Waals surface area contributed by atoms with Crippen LogP contribution in [0.4, 0.5) is 10.5 Å². The van der Waals surface area contributed by atoms with Crippen LogP contribution in [-0.2, 0) is 6.54 Å². The van der Waals surface area contributed by atoms with Gasteiger partial charge in [-0.05, 0) is 43.0 Å². The zero-order chi connectivity index (χ0) is 19.6. The van der Waals surface area contributed by atoms with Crippen molar-refractivity contribution in [3.8, 4) is 0 Å². The van der Waals surface area contributed by atoms with E-state index in [0.29, 0.717) is 12.5 Å². The summed E-state index contributed by atoms with van der Waals surface area (Å²) in [6, 6.07) is 11.9. The normalized spacial score (nSPS) is 12.1. The molecule has 1 aromatic heterocycles. The Bertz CT molecular complexity index is 732. The lowest BCUT2D eigenvalue weighted by Crippen LogP contribution is -2.38. The van der Waals surface area contributed by atoms with Crippen molar-refractivity contribution < 1.29 is 4.79 Å². The molecule has 154 valence electrons. The van der Waals surface area contributed by atoms with Crippen molar-refractivity contribution in [2.75, 3.05) is 18.9 Å². The Morgan fingerprint density at radius 3 is 2.39 bits per heavy atom. The van der Waals surface area contributed by atoms with E-state index in [9.17, 15) is 4.79 Å². The Labute approximate surface area is 188 Å². The van der Waals surface area contributed by atoms with E-state index >= 15 is 0 Å². The van der Waals surface area contributed by atoms with Crippen molar-refractivity contribution in [1.82, 2.24) is 16.0 Å². The Balaban J connectivity index is 0.00000392. The van der Waals surface area contributed by atoms with E-state index in [1.807, 2.05) is 38.1 Å². The number of halogens is 1. The Kier molecular flexibility index (Phi) is 10.9. The lowest BCUT2D eigenvalue weighted by atomic mass is 10.1. The number of rotatable bonds is 7. The van der Waals surface area contributed by atoms with E-state index in [-0.39, 0.29) is 36.0 Å². The first-order chi connectivity index (χ1) is 13.0. The molecule has 6 nitrogen and oxygen atoms in total. The summed E-state index contributed by atoms with van der Waals surface area (Å²) < 4.78 is 0. The Morgan fingerprint density at radius 2 is 1.82 bits per heavy atom. The number of amides is 2. The number of carbonyl (C=O) groups is 1. The number of guanidine groups is 1. The number of carbonyl (C=O) groups excluding carboxylic acids is 1. The number of aliphatic imine (C=N–C) groups is 1. The van der Waals surface area contributed by atoms with E-state index in [1.54, 1.807) is 18.4 Å². The summed E-state index contributed by atoms with van der Waals surface area (Å²) in [4.78, 5) is 17.4. The summed E-state index contributed by atoms with van der Waals surface area (Å²) >= 11 is 1.77. The van der Waals surface area contributed by atoms with E-state index < -0.39 is 0 Å². The number of nitrogens with one attached hydrogen (secondary N) is 4. The predicted molar refractivity (Wildman–Crippen MR) is 130 cm³/mol. The minimum absolute atomic E-state index is 0. The van der Waals surface area contributed by atoms with E-state index in [1.165, 1.54) is 4.88 Å². The number of hydrogen-bond acceptors (Lipinski definition) is 3. The average Bonchev–Trinajstić information content (AvgIpc) is 3.17. The van der Waals surface area contributed by atoms with Crippen LogP contribution in [0, 0.1) is 0 Å². The van der Waals surface area contributed by atoms with Gasteiger partial charge in [0.15, 0.2) is 5.96 Å². The molecule has 4 N–H and O–H groups in total. The summed E-state index contributed by atoms with van der Waals surface area (Å²) in [6.07, 6.45) is 0. The summed E-state index contributed by atoms with van der Waals surface area (Å²) in [6.45, 7) is 7.54. The van der Waals surface area contributed by atoms with Gasteiger partial charge in [0.2, 0.25) is 0 Å². The van der Waals surface area contributed by atoms with Crippen LogP contribution < -0.4 is 21.3 Å². The molecule has 0 bridgehead atoms. The molecule has 0 radical (unpaired) electrons. The van der Waals surface area contributed by atoms with E-state index in [4.69, 9.17) is 0 Å². The van der Waals surface area contributed by atoms with Gasteiger partial charge in [0.25, 0.3) is 0 Å². The minimum atomic E-state index is -0.194. The number of thiophene rings is 1. The fraction of sp³-hybridized carbons (Fsp3) is 0.400. The second-order valence-electron chi connectivity index (χ2n) is 6.67. The van der Waals surface area contributed by atoms with Crippen molar-refractivity contribution in [3.63, 3.8) is 0 Å². The molecule has 1 heterocycles. The second-order valence-corrected chi connectivity index (χ2v) is 7.65. The smallest absolute Gasteiger partial charge is 0.319 e. The highest BCUT2D eigenvalue weighted by Gasteiger charge is 2.08. The monoisotopic (exact) mass is 515 g/mol. The van der Waals surface area contributed by atoms with Crippen LogP contribution in [0.2, 0.25) is 0 Å². The van der Waals surface area contributed by atoms with Crippen LogP contribution in [-0.4, -0.2) is 31.6 Å². The van der Waals surface area contributed by atoms with Gasteiger partial charge in [0, 0.05) is 42.7 Å². The molecule has 2 aromatic rings. The molecule has 8 heteroatoms. The van der Waals surface area contributed by atoms with Crippen molar-refractivity contribution >= 4 is 53.0 Å². The van der Waals surface area contributed by atoms with Crippen LogP contribution >= 0.6 is 35.3 Å². The molecule has 1 aromatic carbocycles. The molecule has 2 rings (SSSR count). The largest absolute Gasteiger partial charge is 0.356 e. The SMILES string of the molecule is CN=C(NCc1ccc(NC(=O)NC(C)C)cc1)NCC(C)c1cccs1.I. The number of anilines is 1. The molecule has 0 saturated carbocycles. The highest BCUT2D eigenvalue weighted by atomic mass is 127. The van der Waals surface area contributed by atoms with Gasteiger partial charge in [-0.1, -0.05) is 25.1 Å². The molecule has 0 spiro atoms. The number of hydrogen-bond donors (Lipinski definition) is 4. The van der Waals surface area contributed by atoms with Crippen molar-refractivity contribution in [1.29, 1.82) is 0 Å². The lowest BCUT2D eigenvalue weighted by molar-refractivity contribution is 0.250. The third-order valence-corrected chi connectivity index (χ3v) is 5.02. The van der Waals surface area contributed by atoms with Crippen LogP contribution in [0.15, 0.2) is 46.8 Å². The maximum absolute atomic E-state index is 11.7. The lowest BCUT2D eigenvalue weighted by Gasteiger charge is -2.15. The summed E-state index contributed by atoms with van der Waals surface area (Å²) in [5.41, 5.74) is 1.88. The fourth-order valence-electron chi connectivity index (χ4n) is 2.46. The van der Waals surface area contributed by atoms with Gasteiger partial charge < -0.3 is 21.3 Å². The molecule has 1 unspecified atom stereocenters. The maximum atomic E-state index is 11.7. The van der Waals surface area contributed by atoms with Gasteiger partial charge in [-0.2, -0.15) is 0 Å². The standard InChI is InChI=1S/C20H29N5OS.HI/c1-14(2)24-20(26)25-17-9-7-16(8-10-17)13-23-19(21-4)22-12-15(3)18-6-5-11-27-18;/h5-11,14-15H,12-13H2,1-4H3,(H2,21,22,23)(H2,24,25,26);1H. The molecule has 0 aliphatic carbocycles. The highest BCUT2D eigenvalue weighted by molar-refractivity contribution is 14.0. The van der Waals surface area contributed by atoms with Gasteiger partial charge in [-0.3, -0.25) is 4.99 Å². The summed E-state index contributed by atoms with van der Waals surface area (Å²) in [5, 5.41) is 14.4. The van der Waals surface area contributed by atoms with Gasteiger partial charge in [-0.25, -0.2) is 4.79 Å². The Hall–Kier alpha value is -1.81. The average molecular weight is 515 g/mol. The minimum Gasteiger partial charge on any atom is -0.356 e. The molecular weight excluding hydrogens is 485 g/mol. The highest BCUT2D eigenvalue weighted by Crippen LogP contribution is 2.19. The van der Waals surface area contributed by atoms with E-state index in [0.717, 1.165) is 23.8 Å². The summed E-state index contributed by atoms with van der Waals surface area (Å²) in [7, 11) is 1.77. The topological polar surface area (TPSA) is 77.5 Å². The second kappa shape index (κ2) is 12.6. The summed E-state index contributed by atoms with van der Waals surface area (Å²) in [5.74, 6) is 1.21. The molecule has 0 aliphatic heterocycles. The molecule has 0 saturated heterocycles. The number of urea groups is 1. The molecular formula is C20H30IN5OS. The van der Waals surface area contributed by atoms with Crippen LogP contribution in [0.5, 0.6) is 0 Å². The zero-order valence-corrected chi connectivity index (χ0v) is 19.9. The number of nitrogens with zero attached hydrogens (tertiary/aromatic N) is 1. The van der Waals surface area contributed by atoms with Crippen LogP contribution in [0.3, 0.4) is 0 Å². The first kappa shape index (κ1) is 24.2. The zero-order valence-electron chi connectivity index (χ0n) is 16.8. The first-order valence-corrected chi connectivity index (χ1v) is 10.00. The third-order valence-electron chi connectivity index (χ3n) is 3.92. The van der Waals surface area contributed by atoms with Crippen molar-refractivity contribution in [2.24, 2.45) is 4.99 Å². The fourth-order valence-corrected chi connectivity index (χ4v) is 3.25. The first-order valence-electron chi connectivity index (χ1n) is 9.12. The molecule has 2 amide bonds. The van der Waals surface area contributed by atoms with Gasteiger partial charge >= 0.3 is 6.03 Å². The van der Waals surface area contributed by atoms with Crippen LogP contribution in [0.25, 0.3) is 0 Å². The third kappa shape index (κ3) is 8.47. The predicted octanol–water partition coefficient (Wildman–Crippen LogP) is 4.36. The number of benzene rings is 1. The van der Waals surface area contributed by atoms with Gasteiger partial charge in [-0.15, -0.1) is 35.3 Å². The maximum Gasteiger partial charge on any atom is 0.319 e. The molecule has 28 heavy (non-hydrogen) atoms. The van der Waals surface area contributed by atoms with Crippen molar-refractivity contribution in [2.45, 2.75) is 39.3 Å². The van der Waals surface area contributed by atoms with E-state index in [2.05, 4.69) is 50.7 Å².